The van der Waals surface area contributed by atoms with E-state index in [4.69, 9.17) is 4.74 Å². The first kappa shape index (κ1) is 32.1. The Balaban J connectivity index is 3.46. The molecule has 0 heterocycles. The van der Waals surface area contributed by atoms with Crippen LogP contribution in [0.3, 0.4) is 0 Å². The number of ether oxygens (including phenoxy) is 1. The molecule has 0 unspecified atom stereocenters. The highest BCUT2D eigenvalue weighted by atomic mass is 33.1. The fraction of sp³-hybridized carbons (Fsp3) is 0.556. The molecule has 0 radical (unpaired) electrons. The molecule has 0 aliphatic rings. The quantitative estimate of drug-likeness (QED) is 0.0979. The molecule has 0 bridgehead atoms. The van der Waals surface area contributed by atoms with Gasteiger partial charge in [0.1, 0.15) is 0 Å². The van der Waals surface area contributed by atoms with Gasteiger partial charge in [0.05, 0.1) is 6.61 Å². The summed E-state index contributed by atoms with van der Waals surface area (Å²) in [6.07, 6.45) is 28.9. The summed E-state index contributed by atoms with van der Waals surface area (Å²) in [7, 11) is 3.37. The summed E-state index contributed by atoms with van der Waals surface area (Å²) in [5.41, 5.74) is 0. The van der Waals surface area contributed by atoms with Crippen molar-refractivity contribution >= 4 is 33.6 Å². The van der Waals surface area contributed by atoms with E-state index in [0.29, 0.717) is 26.1 Å². The van der Waals surface area contributed by atoms with Crippen molar-refractivity contribution in [3.05, 3.63) is 60.8 Å². The molecule has 0 aliphatic carbocycles. The number of amides is 2. The minimum atomic E-state index is -0.370. The number of hydrogen-bond acceptors (Lipinski definition) is 5. The first-order valence-corrected chi connectivity index (χ1v) is 14.9. The number of hydrogen-bond donors (Lipinski definition) is 2. The van der Waals surface area contributed by atoms with Gasteiger partial charge in [0.15, 0.2) is 0 Å². The first-order chi connectivity index (χ1) is 16.7. The van der Waals surface area contributed by atoms with Gasteiger partial charge in [0.2, 0.25) is 5.91 Å². The van der Waals surface area contributed by atoms with E-state index < -0.39 is 0 Å². The summed E-state index contributed by atoms with van der Waals surface area (Å²) in [5.74, 6) is 1.77. The minimum Gasteiger partial charge on any atom is -0.450 e. The number of nitrogens with one attached hydrogen (secondary N) is 2. The van der Waals surface area contributed by atoms with Gasteiger partial charge in [-0.15, -0.1) is 0 Å². The van der Waals surface area contributed by atoms with Crippen molar-refractivity contribution in [1.82, 2.24) is 10.6 Å². The monoisotopic (exact) mass is 508 g/mol. The Bertz CT molecular complexity index is 644. The van der Waals surface area contributed by atoms with Crippen molar-refractivity contribution in [3.63, 3.8) is 0 Å². The van der Waals surface area contributed by atoms with Gasteiger partial charge in [-0.1, -0.05) is 89.3 Å². The molecule has 2 amide bonds. The van der Waals surface area contributed by atoms with Gasteiger partial charge in [0, 0.05) is 31.0 Å². The van der Waals surface area contributed by atoms with Gasteiger partial charge in [-0.25, -0.2) is 4.79 Å². The lowest BCUT2D eigenvalue weighted by Crippen LogP contribution is -2.26. The third-order valence-corrected chi connectivity index (χ3v) is 6.66. The summed E-state index contributed by atoms with van der Waals surface area (Å²) in [6, 6.07) is 0. The van der Waals surface area contributed by atoms with Gasteiger partial charge >= 0.3 is 6.09 Å². The second-order valence-corrected chi connectivity index (χ2v) is 9.94. The second-order valence-electron chi connectivity index (χ2n) is 7.24. The van der Waals surface area contributed by atoms with Crippen LogP contribution in [0.15, 0.2) is 60.8 Å². The van der Waals surface area contributed by atoms with Crippen molar-refractivity contribution in [2.24, 2.45) is 0 Å². The number of alkyl carbamates (subject to hydrolysis) is 1. The predicted octanol–water partition coefficient (Wildman–Crippen LogP) is 7.15. The maximum atomic E-state index is 11.8. The molecule has 2 N–H and O–H groups in total. The standard InChI is InChI=1S/C27H44N2O3S2/c1-3-5-6-7-8-9-10-11-12-13-14-15-16-17-18-19-20-21-26(30)28-22-24-33-34-25-23-29-27(31)32-4-2/h5-6,8-9,11-12,14-15,17-18H,3-4,7,10,13,16,19-25H2,1-2H3,(H,28,30)(H,29,31). The van der Waals surface area contributed by atoms with Crippen molar-refractivity contribution in [1.29, 1.82) is 0 Å². The molecule has 0 atom stereocenters. The van der Waals surface area contributed by atoms with E-state index in [0.717, 1.165) is 56.5 Å². The molecule has 5 nitrogen and oxygen atoms in total. The Morgan fingerprint density at radius 3 is 1.74 bits per heavy atom. The average Bonchev–Trinajstić information content (AvgIpc) is 2.83. The fourth-order valence-corrected chi connectivity index (χ4v) is 4.38. The highest BCUT2D eigenvalue weighted by Crippen LogP contribution is 2.19. The van der Waals surface area contributed by atoms with E-state index in [-0.39, 0.29) is 12.0 Å². The molecule has 0 saturated heterocycles. The fourth-order valence-electron chi connectivity index (χ4n) is 2.56. The normalized spacial score (nSPS) is 12.1. The molecular weight excluding hydrogens is 464 g/mol. The van der Waals surface area contributed by atoms with Crippen LogP contribution in [0, 0.1) is 0 Å². The molecule has 0 saturated carbocycles. The van der Waals surface area contributed by atoms with Crippen LogP contribution >= 0.6 is 21.6 Å². The molecule has 7 heteroatoms. The molecule has 0 fully saturated rings. The maximum absolute atomic E-state index is 11.8. The minimum absolute atomic E-state index is 0.113. The smallest absolute Gasteiger partial charge is 0.407 e. The maximum Gasteiger partial charge on any atom is 0.407 e. The third-order valence-electron chi connectivity index (χ3n) is 4.25. The van der Waals surface area contributed by atoms with Crippen molar-refractivity contribution in [2.75, 3.05) is 31.2 Å². The zero-order valence-corrected chi connectivity index (χ0v) is 22.6. The van der Waals surface area contributed by atoms with Crippen LogP contribution < -0.4 is 10.6 Å². The summed E-state index contributed by atoms with van der Waals surface area (Å²) in [5, 5.41) is 5.63. The molecular formula is C27H44N2O3S2. The van der Waals surface area contributed by atoms with E-state index >= 15 is 0 Å². The van der Waals surface area contributed by atoms with Gasteiger partial charge in [-0.2, -0.15) is 0 Å². The lowest BCUT2D eigenvalue weighted by molar-refractivity contribution is -0.121. The van der Waals surface area contributed by atoms with Crippen LogP contribution in [0.1, 0.15) is 65.2 Å². The summed E-state index contributed by atoms with van der Waals surface area (Å²) in [4.78, 5) is 22.9. The Kier molecular flexibility index (Phi) is 25.9. The Morgan fingerprint density at radius 1 is 0.706 bits per heavy atom. The van der Waals surface area contributed by atoms with Crippen LogP contribution in [0.5, 0.6) is 0 Å². The van der Waals surface area contributed by atoms with Crippen molar-refractivity contribution < 1.29 is 14.3 Å². The van der Waals surface area contributed by atoms with Gasteiger partial charge in [-0.05, 0) is 51.9 Å². The van der Waals surface area contributed by atoms with Crippen LogP contribution in [0.4, 0.5) is 4.79 Å². The Labute approximate surface area is 215 Å². The SMILES string of the molecule is CCC=CCC=CCC=CCC=CCC=CCCCC(=O)NCCSSCCNC(=O)OCC. The number of allylic oxidation sites excluding steroid dienone is 10. The first-order valence-electron chi connectivity index (χ1n) is 12.4. The highest BCUT2D eigenvalue weighted by molar-refractivity contribution is 8.76. The lowest BCUT2D eigenvalue weighted by Gasteiger charge is -2.05. The number of carbonyl (C=O) groups is 2. The molecule has 0 spiro atoms. The number of carbonyl (C=O) groups excluding carboxylic acids is 2. The van der Waals surface area contributed by atoms with E-state index in [9.17, 15) is 9.59 Å². The van der Waals surface area contributed by atoms with Crippen LogP contribution in [-0.2, 0) is 9.53 Å². The zero-order chi connectivity index (χ0) is 25.0. The molecule has 0 aromatic heterocycles. The Morgan fingerprint density at radius 2 is 1.21 bits per heavy atom. The lowest BCUT2D eigenvalue weighted by atomic mass is 10.2. The average molecular weight is 509 g/mol. The Hall–Kier alpha value is -1.86. The van der Waals surface area contributed by atoms with Gasteiger partial charge < -0.3 is 15.4 Å². The number of rotatable bonds is 21. The topological polar surface area (TPSA) is 67.4 Å². The molecule has 0 aromatic rings. The van der Waals surface area contributed by atoms with Gasteiger partial charge in [-0.3, -0.25) is 4.79 Å². The second kappa shape index (κ2) is 27.4. The molecule has 0 aromatic carbocycles. The zero-order valence-electron chi connectivity index (χ0n) is 21.0. The van der Waals surface area contributed by atoms with E-state index in [1.807, 2.05) is 0 Å². The molecule has 34 heavy (non-hydrogen) atoms. The van der Waals surface area contributed by atoms with Gasteiger partial charge in [0.25, 0.3) is 0 Å². The third kappa shape index (κ3) is 26.4. The van der Waals surface area contributed by atoms with E-state index in [1.165, 1.54) is 0 Å². The van der Waals surface area contributed by atoms with Crippen LogP contribution in [-0.4, -0.2) is 43.2 Å². The molecule has 192 valence electrons. The van der Waals surface area contributed by atoms with Crippen molar-refractivity contribution in [3.8, 4) is 0 Å². The summed E-state index contributed by atoms with van der Waals surface area (Å²) in [6.45, 7) is 5.57. The largest absolute Gasteiger partial charge is 0.450 e. The van der Waals surface area contributed by atoms with Crippen molar-refractivity contribution in [2.45, 2.75) is 65.2 Å². The molecule has 0 aliphatic heterocycles. The highest BCUT2D eigenvalue weighted by Gasteiger charge is 2.01. The van der Waals surface area contributed by atoms with Crippen LogP contribution in [0.25, 0.3) is 0 Å². The van der Waals surface area contributed by atoms with E-state index in [1.54, 1.807) is 28.5 Å². The summed E-state index contributed by atoms with van der Waals surface area (Å²) < 4.78 is 4.78. The molecule has 0 rings (SSSR count). The van der Waals surface area contributed by atoms with Crippen LogP contribution in [0.2, 0.25) is 0 Å². The summed E-state index contributed by atoms with van der Waals surface area (Å²) >= 11 is 0. The van der Waals surface area contributed by atoms with E-state index in [2.05, 4.69) is 78.3 Å². The predicted molar refractivity (Wildman–Crippen MR) is 151 cm³/mol. The number of unbranched alkanes of at least 4 members (excludes halogenated alkanes) is 1.